The number of rotatable bonds is 4. The molecule has 0 saturated carbocycles. The van der Waals surface area contributed by atoms with Crippen LogP contribution in [0.25, 0.3) is 0 Å². The van der Waals surface area contributed by atoms with E-state index in [0.717, 1.165) is 26.2 Å². The lowest BCUT2D eigenvalue weighted by Gasteiger charge is -2.19. The highest BCUT2D eigenvalue weighted by Crippen LogP contribution is 2.32. The molecular weight excluding hydrogens is 359 g/mol. The third-order valence-electron chi connectivity index (χ3n) is 3.19. The zero-order chi connectivity index (χ0) is 14.7. The van der Waals surface area contributed by atoms with E-state index in [-0.39, 0.29) is 6.04 Å². The van der Waals surface area contributed by atoms with Crippen molar-refractivity contribution in [3.63, 3.8) is 0 Å². The van der Waals surface area contributed by atoms with Gasteiger partial charge in [-0.25, -0.2) is 0 Å². The number of aryl methyl sites for hydroxylation is 1. The SMILES string of the molecule is Cc1ccc(CC(NN)c2cccc(Br)c2Cl)c(Cl)c1. The normalized spacial score (nSPS) is 12.4. The number of halogens is 3. The van der Waals surface area contributed by atoms with Gasteiger partial charge in [0.15, 0.2) is 0 Å². The first-order valence-electron chi connectivity index (χ1n) is 6.18. The average Bonchev–Trinajstić information content (AvgIpc) is 2.42. The van der Waals surface area contributed by atoms with Crippen molar-refractivity contribution < 1.29 is 0 Å². The van der Waals surface area contributed by atoms with E-state index in [1.54, 1.807) is 0 Å². The van der Waals surface area contributed by atoms with Crippen LogP contribution in [-0.4, -0.2) is 0 Å². The molecule has 0 radical (unpaired) electrons. The molecule has 2 aromatic rings. The Kier molecular flexibility index (Phi) is 5.47. The van der Waals surface area contributed by atoms with Gasteiger partial charge in [-0.3, -0.25) is 11.3 Å². The van der Waals surface area contributed by atoms with E-state index < -0.39 is 0 Å². The number of benzene rings is 2. The number of nitrogens with one attached hydrogen (secondary N) is 1. The molecule has 0 aliphatic heterocycles. The lowest BCUT2D eigenvalue weighted by Crippen LogP contribution is -2.30. The van der Waals surface area contributed by atoms with Crippen LogP contribution < -0.4 is 11.3 Å². The largest absolute Gasteiger partial charge is 0.271 e. The van der Waals surface area contributed by atoms with Gasteiger partial charge in [0.25, 0.3) is 0 Å². The summed E-state index contributed by atoms with van der Waals surface area (Å²) in [5, 5.41) is 1.41. The highest BCUT2D eigenvalue weighted by atomic mass is 79.9. The topological polar surface area (TPSA) is 38.0 Å². The number of hydrazine groups is 1. The summed E-state index contributed by atoms with van der Waals surface area (Å²) in [6.45, 7) is 2.01. The minimum atomic E-state index is -0.0970. The summed E-state index contributed by atoms with van der Waals surface area (Å²) in [5.74, 6) is 5.68. The van der Waals surface area contributed by atoms with Crippen molar-refractivity contribution in [1.29, 1.82) is 0 Å². The van der Waals surface area contributed by atoms with Crippen molar-refractivity contribution in [3.8, 4) is 0 Å². The third-order valence-corrected chi connectivity index (χ3v) is 4.85. The molecule has 106 valence electrons. The molecule has 1 unspecified atom stereocenters. The zero-order valence-corrected chi connectivity index (χ0v) is 14.1. The summed E-state index contributed by atoms with van der Waals surface area (Å²) >= 11 is 16.0. The van der Waals surface area contributed by atoms with Gasteiger partial charge in [-0.15, -0.1) is 0 Å². The Morgan fingerprint density at radius 1 is 1.25 bits per heavy atom. The lowest BCUT2D eigenvalue weighted by atomic mass is 9.98. The van der Waals surface area contributed by atoms with Gasteiger partial charge in [0.05, 0.1) is 11.1 Å². The fourth-order valence-corrected chi connectivity index (χ4v) is 3.04. The lowest BCUT2D eigenvalue weighted by molar-refractivity contribution is 0.552. The second kappa shape index (κ2) is 6.92. The van der Waals surface area contributed by atoms with Crippen molar-refractivity contribution in [2.75, 3.05) is 0 Å². The average molecular weight is 374 g/mol. The zero-order valence-electron chi connectivity index (χ0n) is 11.0. The van der Waals surface area contributed by atoms with E-state index in [1.807, 2.05) is 43.3 Å². The summed E-state index contributed by atoms with van der Waals surface area (Å²) in [6.07, 6.45) is 0.672. The molecular formula is C15H15BrCl2N2. The molecule has 0 spiro atoms. The second-order valence-electron chi connectivity index (χ2n) is 4.66. The number of hydrogen-bond donors (Lipinski definition) is 2. The minimum Gasteiger partial charge on any atom is -0.271 e. The maximum absolute atomic E-state index is 6.32. The quantitative estimate of drug-likeness (QED) is 0.596. The summed E-state index contributed by atoms with van der Waals surface area (Å²) in [4.78, 5) is 0. The van der Waals surface area contributed by atoms with Crippen LogP contribution in [0.2, 0.25) is 10.0 Å². The van der Waals surface area contributed by atoms with Crippen molar-refractivity contribution in [2.24, 2.45) is 5.84 Å². The first kappa shape index (κ1) is 15.8. The van der Waals surface area contributed by atoms with Crippen LogP contribution in [-0.2, 0) is 6.42 Å². The van der Waals surface area contributed by atoms with Gasteiger partial charge >= 0.3 is 0 Å². The fraction of sp³-hybridized carbons (Fsp3) is 0.200. The second-order valence-corrected chi connectivity index (χ2v) is 6.30. The highest BCUT2D eigenvalue weighted by Gasteiger charge is 2.16. The Hall–Kier alpha value is -0.580. The Morgan fingerprint density at radius 3 is 2.65 bits per heavy atom. The van der Waals surface area contributed by atoms with Crippen LogP contribution in [0.3, 0.4) is 0 Å². The molecule has 0 aliphatic carbocycles. The maximum atomic E-state index is 6.32. The maximum Gasteiger partial charge on any atom is 0.0596 e. The van der Waals surface area contributed by atoms with E-state index in [4.69, 9.17) is 29.0 Å². The van der Waals surface area contributed by atoms with E-state index >= 15 is 0 Å². The van der Waals surface area contributed by atoms with Crippen LogP contribution >= 0.6 is 39.1 Å². The smallest absolute Gasteiger partial charge is 0.0596 e. The van der Waals surface area contributed by atoms with E-state index in [9.17, 15) is 0 Å². The molecule has 2 rings (SSSR count). The van der Waals surface area contributed by atoms with Gasteiger partial charge in [0.1, 0.15) is 0 Å². The van der Waals surface area contributed by atoms with Crippen LogP contribution in [0.4, 0.5) is 0 Å². The molecule has 2 nitrogen and oxygen atoms in total. The Labute approximate surface area is 137 Å². The molecule has 20 heavy (non-hydrogen) atoms. The van der Waals surface area contributed by atoms with E-state index in [2.05, 4.69) is 21.4 Å². The number of hydrogen-bond acceptors (Lipinski definition) is 2. The molecule has 0 heterocycles. The molecule has 2 aromatic carbocycles. The summed E-state index contributed by atoms with van der Waals surface area (Å²) in [7, 11) is 0. The molecule has 5 heteroatoms. The van der Waals surface area contributed by atoms with Gasteiger partial charge < -0.3 is 0 Å². The van der Waals surface area contributed by atoms with Crippen molar-refractivity contribution >= 4 is 39.1 Å². The molecule has 0 aromatic heterocycles. The molecule has 0 amide bonds. The molecule has 3 N–H and O–H groups in total. The fourth-order valence-electron chi connectivity index (χ4n) is 2.09. The molecule has 0 fully saturated rings. The monoisotopic (exact) mass is 372 g/mol. The Bertz CT molecular complexity index is 617. The third kappa shape index (κ3) is 3.54. The highest BCUT2D eigenvalue weighted by molar-refractivity contribution is 9.10. The predicted molar refractivity (Wildman–Crippen MR) is 89.1 cm³/mol. The minimum absolute atomic E-state index is 0.0970. The van der Waals surface area contributed by atoms with Crippen molar-refractivity contribution in [1.82, 2.24) is 5.43 Å². The summed E-state index contributed by atoms with van der Waals surface area (Å²) < 4.78 is 0.854. The van der Waals surface area contributed by atoms with Gasteiger partial charge in [-0.2, -0.15) is 0 Å². The van der Waals surface area contributed by atoms with Crippen LogP contribution in [0.1, 0.15) is 22.7 Å². The number of nitrogens with two attached hydrogens (primary N) is 1. The molecule has 0 aliphatic rings. The molecule has 1 atom stereocenters. The van der Waals surface area contributed by atoms with Gasteiger partial charge in [-0.1, -0.05) is 47.5 Å². The van der Waals surface area contributed by atoms with Gasteiger partial charge in [-0.05, 0) is 58.1 Å². The van der Waals surface area contributed by atoms with Crippen molar-refractivity contribution in [2.45, 2.75) is 19.4 Å². The first-order valence-corrected chi connectivity index (χ1v) is 7.73. The van der Waals surface area contributed by atoms with E-state index in [1.165, 1.54) is 0 Å². The molecule has 0 saturated heterocycles. The summed E-state index contributed by atoms with van der Waals surface area (Å²) in [6, 6.07) is 11.7. The standard InChI is InChI=1S/C15H15BrCl2N2/c1-9-5-6-10(13(17)7-9)8-14(20-19)11-3-2-4-12(16)15(11)18/h2-7,14,20H,8,19H2,1H3. The van der Waals surface area contributed by atoms with Crippen LogP contribution in [0.5, 0.6) is 0 Å². The first-order chi connectivity index (χ1) is 9.52. The summed E-state index contributed by atoms with van der Waals surface area (Å²) in [5.41, 5.74) is 5.93. The van der Waals surface area contributed by atoms with Gasteiger partial charge in [0.2, 0.25) is 0 Å². The van der Waals surface area contributed by atoms with Crippen LogP contribution in [0, 0.1) is 6.92 Å². The predicted octanol–water partition coefficient (Wildman–Crippen LogP) is 4.81. The van der Waals surface area contributed by atoms with E-state index in [0.29, 0.717) is 11.4 Å². The Morgan fingerprint density at radius 2 is 2.00 bits per heavy atom. The van der Waals surface area contributed by atoms with Crippen molar-refractivity contribution in [3.05, 3.63) is 67.6 Å². The Balaban J connectivity index is 2.31. The van der Waals surface area contributed by atoms with Crippen LogP contribution in [0.15, 0.2) is 40.9 Å². The van der Waals surface area contributed by atoms with Gasteiger partial charge in [0, 0.05) is 9.50 Å². The molecule has 0 bridgehead atoms.